The van der Waals surface area contributed by atoms with Gasteiger partial charge >= 0.3 is 6.09 Å². The van der Waals surface area contributed by atoms with Crippen molar-refractivity contribution in [2.24, 2.45) is 5.92 Å². The van der Waals surface area contributed by atoms with E-state index in [1.807, 2.05) is 31.9 Å². The van der Waals surface area contributed by atoms with Gasteiger partial charge in [-0.3, -0.25) is 0 Å². The Morgan fingerprint density at radius 2 is 2.21 bits per heavy atom. The van der Waals surface area contributed by atoms with Crippen molar-refractivity contribution in [1.29, 1.82) is 0 Å². The van der Waals surface area contributed by atoms with E-state index in [-0.39, 0.29) is 12.1 Å². The number of ether oxygens (including phenoxy) is 1. The van der Waals surface area contributed by atoms with Crippen LogP contribution in [-0.2, 0) is 4.74 Å². The Balaban J connectivity index is 1.73. The molecule has 2 aliphatic heterocycles. The summed E-state index contributed by atoms with van der Waals surface area (Å²) in [6.45, 7) is 12.1. The van der Waals surface area contributed by atoms with Crippen LogP contribution in [0.5, 0.6) is 0 Å². The van der Waals surface area contributed by atoms with Crippen molar-refractivity contribution in [3.8, 4) is 0 Å². The van der Waals surface area contributed by atoms with Gasteiger partial charge in [-0.2, -0.15) is 0 Å². The minimum absolute atomic E-state index is 0.197. The Morgan fingerprint density at radius 3 is 2.88 bits per heavy atom. The number of halogens is 1. The van der Waals surface area contributed by atoms with Crippen LogP contribution in [0.3, 0.4) is 0 Å². The third-order valence-electron chi connectivity index (χ3n) is 4.61. The molecule has 3 rings (SSSR count). The van der Waals surface area contributed by atoms with E-state index in [4.69, 9.17) is 4.74 Å². The maximum Gasteiger partial charge on any atom is 0.410 e. The number of pyridine rings is 1. The average molecular weight is 394 g/mol. The number of aromatic nitrogens is 1. The Hall–Kier alpha value is -1.56. The maximum absolute atomic E-state index is 12.4. The van der Waals surface area contributed by atoms with Gasteiger partial charge in [0.1, 0.15) is 10.2 Å². The topological polar surface area (TPSA) is 45.7 Å². The third-order valence-corrected chi connectivity index (χ3v) is 5.28. The molecule has 0 N–H and O–H groups in total. The molecule has 2 saturated heterocycles. The summed E-state index contributed by atoms with van der Waals surface area (Å²) in [6, 6.07) is 2.30. The number of likely N-dealkylation sites (tertiary alicyclic amines) is 1. The molecule has 1 aromatic rings. The first-order chi connectivity index (χ1) is 11.3. The molecule has 1 aromatic heterocycles. The van der Waals surface area contributed by atoms with Gasteiger partial charge < -0.3 is 14.5 Å². The second-order valence-electron chi connectivity index (χ2n) is 7.47. The lowest BCUT2D eigenvalue weighted by Crippen LogP contribution is -2.42. The molecular formula is C18H24BrN3O2. The van der Waals surface area contributed by atoms with Crippen molar-refractivity contribution in [2.45, 2.75) is 38.8 Å². The second kappa shape index (κ2) is 6.39. The van der Waals surface area contributed by atoms with Gasteiger partial charge in [-0.25, -0.2) is 9.78 Å². The lowest BCUT2D eigenvalue weighted by Gasteiger charge is -2.29. The highest BCUT2D eigenvalue weighted by Crippen LogP contribution is 2.35. The zero-order valence-corrected chi connectivity index (χ0v) is 16.0. The van der Waals surface area contributed by atoms with E-state index in [0.717, 1.165) is 41.9 Å². The molecule has 24 heavy (non-hydrogen) atoms. The fourth-order valence-electron chi connectivity index (χ4n) is 3.49. The zero-order chi connectivity index (χ0) is 17.5. The molecule has 0 unspecified atom stereocenters. The molecule has 6 heteroatoms. The van der Waals surface area contributed by atoms with Crippen LogP contribution in [0.25, 0.3) is 6.08 Å². The van der Waals surface area contributed by atoms with Crippen molar-refractivity contribution in [3.63, 3.8) is 0 Å². The molecule has 2 aliphatic rings. The number of hydrogen-bond acceptors (Lipinski definition) is 4. The normalized spacial score (nSPS) is 23.3. The summed E-state index contributed by atoms with van der Waals surface area (Å²) in [5.41, 5.74) is 1.60. The van der Waals surface area contributed by atoms with Crippen molar-refractivity contribution in [3.05, 3.63) is 29.0 Å². The first-order valence-electron chi connectivity index (χ1n) is 8.31. The Bertz CT molecular complexity index is 656. The van der Waals surface area contributed by atoms with E-state index in [2.05, 4.69) is 38.5 Å². The van der Waals surface area contributed by atoms with Crippen molar-refractivity contribution >= 4 is 33.8 Å². The third kappa shape index (κ3) is 3.43. The number of amides is 1. The van der Waals surface area contributed by atoms with Crippen LogP contribution < -0.4 is 4.90 Å². The number of fused-ring (bicyclic) bond motifs is 1. The van der Waals surface area contributed by atoms with E-state index in [9.17, 15) is 4.79 Å². The fraction of sp³-hybridized carbons (Fsp3) is 0.556. The molecular weight excluding hydrogens is 370 g/mol. The number of carbonyl (C=O) groups excluding carboxylic acids is 1. The molecule has 1 amide bonds. The van der Waals surface area contributed by atoms with Crippen LogP contribution in [0.1, 0.15) is 32.8 Å². The molecule has 0 radical (unpaired) electrons. The van der Waals surface area contributed by atoms with Gasteiger partial charge in [-0.1, -0.05) is 12.7 Å². The van der Waals surface area contributed by atoms with E-state index >= 15 is 0 Å². The van der Waals surface area contributed by atoms with Crippen LogP contribution in [0, 0.1) is 5.92 Å². The number of nitrogens with zero attached hydrogens (tertiary/aromatic N) is 3. The smallest absolute Gasteiger partial charge is 0.410 e. The molecule has 0 saturated carbocycles. The molecule has 5 nitrogen and oxygen atoms in total. The molecule has 130 valence electrons. The molecule has 0 aliphatic carbocycles. The average Bonchev–Trinajstić information content (AvgIpc) is 3.05. The fourth-order valence-corrected chi connectivity index (χ4v) is 3.87. The largest absolute Gasteiger partial charge is 0.444 e. The predicted octanol–water partition coefficient (Wildman–Crippen LogP) is 3.93. The van der Waals surface area contributed by atoms with Crippen molar-refractivity contribution in [1.82, 2.24) is 9.88 Å². The van der Waals surface area contributed by atoms with E-state index in [1.165, 1.54) is 0 Å². The SMILES string of the molecule is C=Cc1cc(N2C[C@H]3CCN(C(=O)OC(C)(C)C)[C@H]3C2)cnc1Br. The molecule has 0 bridgehead atoms. The minimum atomic E-state index is -0.456. The van der Waals surface area contributed by atoms with Gasteiger partial charge in [0.25, 0.3) is 0 Å². The van der Waals surface area contributed by atoms with Crippen LogP contribution in [0.2, 0.25) is 0 Å². The zero-order valence-electron chi connectivity index (χ0n) is 14.5. The standard InChI is InChI=1S/C18H24BrN3O2/c1-5-12-8-14(9-20-16(12)19)21-10-13-6-7-22(15(13)11-21)17(23)24-18(2,3)4/h5,8-9,13,15H,1,6-7,10-11H2,2-4H3/t13-,15+/m1/s1. The van der Waals surface area contributed by atoms with Crippen LogP contribution in [0.15, 0.2) is 23.4 Å². The molecule has 3 heterocycles. The Labute approximate surface area is 151 Å². The van der Waals surface area contributed by atoms with Crippen molar-refractivity contribution < 1.29 is 9.53 Å². The minimum Gasteiger partial charge on any atom is -0.444 e. The molecule has 0 spiro atoms. The van der Waals surface area contributed by atoms with E-state index in [1.54, 1.807) is 6.08 Å². The lowest BCUT2D eigenvalue weighted by atomic mass is 10.1. The van der Waals surface area contributed by atoms with Crippen LogP contribution in [0.4, 0.5) is 10.5 Å². The van der Waals surface area contributed by atoms with Gasteiger partial charge in [0.2, 0.25) is 0 Å². The van der Waals surface area contributed by atoms with Gasteiger partial charge in [-0.05, 0) is 49.2 Å². The maximum atomic E-state index is 12.4. The summed E-state index contributed by atoms with van der Waals surface area (Å²) in [5.74, 6) is 0.494. The number of carbonyl (C=O) groups is 1. The summed E-state index contributed by atoms with van der Waals surface area (Å²) in [4.78, 5) is 21.0. The number of hydrogen-bond donors (Lipinski definition) is 0. The summed E-state index contributed by atoms with van der Waals surface area (Å²) in [6.07, 6.45) is 4.50. The van der Waals surface area contributed by atoms with E-state index in [0.29, 0.717) is 5.92 Å². The molecule has 2 atom stereocenters. The van der Waals surface area contributed by atoms with Crippen molar-refractivity contribution in [2.75, 3.05) is 24.5 Å². The first kappa shape index (κ1) is 17.3. The summed E-state index contributed by atoms with van der Waals surface area (Å²) in [5, 5.41) is 0. The van der Waals surface area contributed by atoms with Gasteiger partial charge in [0.05, 0.1) is 17.9 Å². The summed E-state index contributed by atoms with van der Waals surface area (Å²) < 4.78 is 6.36. The Kier molecular flexibility index (Phi) is 4.60. The Morgan fingerprint density at radius 1 is 1.46 bits per heavy atom. The van der Waals surface area contributed by atoms with Gasteiger partial charge in [0, 0.05) is 31.1 Å². The highest BCUT2D eigenvalue weighted by atomic mass is 79.9. The monoisotopic (exact) mass is 393 g/mol. The second-order valence-corrected chi connectivity index (χ2v) is 8.22. The van der Waals surface area contributed by atoms with Gasteiger partial charge in [-0.15, -0.1) is 0 Å². The summed E-state index contributed by atoms with van der Waals surface area (Å²) >= 11 is 3.43. The predicted molar refractivity (Wildman–Crippen MR) is 99.1 cm³/mol. The molecule has 0 aromatic carbocycles. The quantitative estimate of drug-likeness (QED) is 0.713. The highest BCUT2D eigenvalue weighted by Gasteiger charge is 2.44. The first-order valence-corrected chi connectivity index (χ1v) is 9.10. The van der Waals surface area contributed by atoms with Crippen LogP contribution >= 0.6 is 15.9 Å². The summed E-state index contributed by atoms with van der Waals surface area (Å²) in [7, 11) is 0. The van der Waals surface area contributed by atoms with Gasteiger partial charge in [0.15, 0.2) is 0 Å². The molecule has 2 fully saturated rings. The lowest BCUT2D eigenvalue weighted by molar-refractivity contribution is 0.0229. The highest BCUT2D eigenvalue weighted by molar-refractivity contribution is 9.10. The number of anilines is 1. The van der Waals surface area contributed by atoms with E-state index < -0.39 is 5.60 Å². The van der Waals surface area contributed by atoms with Crippen LogP contribution in [-0.4, -0.2) is 47.3 Å². The number of rotatable bonds is 2.